The molecule has 0 aliphatic carbocycles. The van der Waals surface area contributed by atoms with Gasteiger partial charge in [0, 0.05) is 11.4 Å². The molecule has 0 spiro atoms. The number of nitrogens with one attached hydrogen (secondary N) is 2. The van der Waals surface area contributed by atoms with Crippen molar-refractivity contribution in [2.24, 2.45) is 0 Å². The van der Waals surface area contributed by atoms with E-state index in [9.17, 15) is 4.79 Å². The first kappa shape index (κ1) is 10.3. The maximum absolute atomic E-state index is 10.6. The normalized spacial score (nSPS) is 10.0. The van der Waals surface area contributed by atoms with E-state index in [0.717, 1.165) is 11.4 Å². The Morgan fingerprint density at radius 2 is 1.94 bits per heavy atom. The molecule has 0 atom stereocenters. The molecule has 1 heterocycles. The molecule has 1 aromatic carbocycles. The summed E-state index contributed by atoms with van der Waals surface area (Å²) in [7, 11) is 0. The van der Waals surface area contributed by atoms with Crippen molar-refractivity contribution in [1.29, 1.82) is 0 Å². The number of para-hydroxylation sites is 1. The monoisotopic (exact) mass is 216 g/mol. The standard InChI is InChI=1S/C12H12N2O2/c15-12(16)11-7-6-10(14-11)8-13-9-4-2-1-3-5-9/h1-7,13-14H,8H2,(H,15,16). The molecule has 82 valence electrons. The molecule has 4 nitrogen and oxygen atoms in total. The Labute approximate surface area is 92.9 Å². The highest BCUT2D eigenvalue weighted by Gasteiger charge is 2.04. The number of hydrogen-bond donors (Lipinski definition) is 3. The van der Waals surface area contributed by atoms with Crippen molar-refractivity contribution >= 4 is 11.7 Å². The number of benzene rings is 1. The van der Waals surface area contributed by atoms with Crippen molar-refractivity contribution in [2.45, 2.75) is 6.54 Å². The molecule has 0 fully saturated rings. The minimum atomic E-state index is -0.939. The van der Waals surface area contributed by atoms with Crippen LogP contribution >= 0.6 is 0 Å². The van der Waals surface area contributed by atoms with Crippen LogP contribution in [0.5, 0.6) is 0 Å². The number of H-pyrrole nitrogens is 1. The van der Waals surface area contributed by atoms with E-state index in [1.165, 1.54) is 0 Å². The first-order valence-electron chi connectivity index (χ1n) is 4.96. The van der Waals surface area contributed by atoms with Crippen molar-refractivity contribution in [3.8, 4) is 0 Å². The Bertz CT molecular complexity index is 477. The lowest BCUT2D eigenvalue weighted by Crippen LogP contribution is -2.01. The molecule has 0 bridgehead atoms. The largest absolute Gasteiger partial charge is 0.477 e. The summed E-state index contributed by atoms with van der Waals surface area (Å²) >= 11 is 0. The highest BCUT2D eigenvalue weighted by Crippen LogP contribution is 2.08. The first-order valence-corrected chi connectivity index (χ1v) is 4.96. The van der Waals surface area contributed by atoms with E-state index >= 15 is 0 Å². The fourth-order valence-corrected chi connectivity index (χ4v) is 1.42. The maximum atomic E-state index is 10.6. The number of carbonyl (C=O) groups is 1. The minimum Gasteiger partial charge on any atom is -0.477 e. The molecular weight excluding hydrogens is 204 g/mol. The lowest BCUT2D eigenvalue weighted by molar-refractivity contribution is 0.0691. The SMILES string of the molecule is O=C(O)c1ccc(CNc2ccccc2)[nH]1. The Kier molecular flexibility index (Phi) is 2.91. The van der Waals surface area contributed by atoms with E-state index in [-0.39, 0.29) is 5.69 Å². The second-order valence-electron chi connectivity index (χ2n) is 3.42. The van der Waals surface area contributed by atoms with Crippen LogP contribution in [-0.2, 0) is 6.54 Å². The zero-order valence-corrected chi connectivity index (χ0v) is 8.60. The molecule has 0 unspecified atom stereocenters. The number of aromatic carboxylic acids is 1. The number of aromatic nitrogens is 1. The third-order valence-electron chi connectivity index (χ3n) is 2.23. The van der Waals surface area contributed by atoms with Gasteiger partial charge in [0.25, 0.3) is 0 Å². The molecule has 1 aromatic heterocycles. The van der Waals surface area contributed by atoms with Gasteiger partial charge < -0.3 is 15.4 Å². The topological polar surface area (TPSA) is 65.1 Å². The maximum Gasteiger partial charge on any atom is 0.352 e. The van der Waals surface area contributed by atoms with Crippen LogP contribution in [0.4, 0.5) is 5.69 Å². The second kappa shape index (κ2) is 4.53. The third-order valence-corrected chi connectivity index (χ3v) is 2.23. The van der Waals surface area contributed by atoms with Crippen molar-refractivity contribution in [3.63, 3.8) is 0 Å². The van der Waals surface area contributed by atoms with Gasteiger partial charge in [-0.1, -0.05) is 18.2 Å². The molecule has 2 aromatic rings. The zero-order valence-electron chi connectivity index (χ0n) is 8.60. The van der Waals surface area contributed by atoms with Gasteiger partial charge in [0.05, 0.1) is 6.54 Å². The summed E-state index contributed by atoms with van der Waals surface area (Å²) in [6, 6.07) is 13.1. The second-order valence-corrected chi connectivity index (χ2v) is 3.42. The highest BCUT2D eigenvalue weighted by molar-refractivity contribution is 5.85. The Morgan fingerprint density at radius 1 is 1.19 bits per heavy atom. The molecule has 2 rings (SSSR count). The van der Waals surface area contributed by atoms with E-state index in [0.29, 0.717) is 6.54 Å². The van der Waals surface area contributed by atoms with Crippen LogP contribution < -0.4 is 5.32 Å². The van der Waals surface area contributed by atoms with Gasteiger partial charge in [-0.15, -0.1) is 0 Å². The van der Waals surface area contributed by atoms with E-state index in [4.69, 9.17) is 5.11 Å². The van der Waals surface area contributed by atoms with Crippen LogP contribution in [0.2, 0.25) is 0 Å². The number of carboxylic acids is 1. The molecule has 3 N–H and O–H groups in total. The summed E-state index contributed by atoms with van der Waals surface area (Å²) in [4.78, 5) is 13.5. The first-order chi connectivity index (χ1) is 7.75. The van der Waals surface area contributed by atoms with Gasteiger partial charge >= 0.3 is 5.97 Å². The van der Waals surface area contributed by atoms with Gasteiger partial charge in [0.15, 0.2) is 0 Å². The predicted octanol–water partition coefficient (Wildman–Crippen LogP) is 2.32. The lowest BCUT2D eigenvalue weighted by Gasteiger charge is -2.03. The number of carboxylic acid groups (broad SMARTS) is 1. The molecule has 0 aliphatic rings. The average molecular weight is 216 g/mol. The van der Waals surface area contributed by atoms with Crippen molar-refractivity contribution in [2.75, 3.05) is 5.32 Å². The quantitative estimate of drug-likeness (QED) is 0.734. The Morgan fingerprint density at radius 3 is 2.56 bits per heavy atom. The van der Waals surface area contributed by atoms with Crippen LogP contribution in [0.3, 0.4) is 0 Å². The predicted molar refractivity (Wildman–Crippen MR) is 61.5 cm³/mol. The van der Waals surface area contributed by atoms with Crippen LogP contribution in [-0.4, -0.2) is 16.1 Å². The summed E-state index contributed by atoms with van der Waals surface area (Å²) in [5.74, 6) is -0.939. The summed E-state index contributed by atoms with van der Waals surface area (Å²) in [6.45, 7) is 0.581. The number of hydrogen-bond acceptors (Lipinski definition) is 2. The van der Waals surface area contributed by atoms with Crippen molar-refractivity contribution < 1.29 is 9.90 Å². The molecule has 0 radical (unpaired) electrons. The number of anilines is 1. The van der Waals surface area contributed by atoms with Crippen LogP contribution in [0, 0.1) is 0 Å². The third kappa shape index (κ3) is 2.42. The molecule has 0 aliphatic heterocycles. The smallest absolute Gasteiger partial charge is 0.352 e. The highest BCUT2D eigenvalue weighted by atomic mass is 16.4. The van der Waals surface area contributed by atoms with Gasteiger partial charge in [-0.3, -0.25) is 0 Å². The van der Waals surface area contributed by atoms with Crippen LogP contribution in [0.1, 0.15) is 16.2 Å². The van der Waals surface area contributed by atoms with Gasteiger partial charge in [-0.25, -0.2) is 4.79 Å². The van der Waals surface area contributed by atoms with Crippen molar-refractivity contribution in [1.82, 2.24) is 4.98 Å². The van der Waals surface area contributed by atoms with Crippen LogP contribution in [0.15, 0.2) is 42.5 Å². The summed E-state index contributed by atoms with van der Waals surface area (Å²) in [5, 5.41) is 11.9. The van der Waals surface area contributed by atoms with E-state index in [1.54, 1.807) is 12.1 Å². The average Bonchev–Trinajstić information content (AvgIpc) is 2.76. The molecule has 0 saturated heterocycles. The molecule has 0 saturated carbocycles. The van der Waals surface area contributed by atoms with Gasteiger partial charge in [0.2, 0.25) is 0 Å². The fourth-order valence-electron chi connectivity index (χ4n) is 1.42. The van der Waals surface area contributed by atoms with Gasteiger partial charge in [0.1, 0.15) is 5.69 Å². The Balaban J connectivity index is 1.97. The lowest BCUT2D eigenvalue weighted by atomic mass is 10.3. The van der Waals surface area contributed by atoms with Crippen LogP contribution in [0.25, 0.3) is 0 Å². The van der Waals surface area contributed by atoms with Crippen molar-refractivity contribution in [3.05, 3.63) is 53.9 Å². The van der Waals surface area contributed by atoms with E-state index < -0.39 is 5.97 Å². The van der Waals surface area contributed by atoms with Gasteiger partial charge in [-0.05, 0) is 24.3 Å². The van der Waals surface area contributed by atoms with E-state index in [1.807, 2.05) is 30.3 Å². The molecule has 4 heteroatoms. The molecule has 16 heavy (non-hydrogen) atoms. The number of aromatic amines is 1. The Hall–Kier alpha value is -2.23. The summed E-state index contributed by atoms with van der Waals surface area (Å²) < 4.78 is 0. The summed E-state index contributed by atoms with van der Waals surface area (Å²) in [6.07, 6.45) is 0. The number of rotatable bonds is 4. The summed E-state index contributed by atoms with van der Waals surface area (Å²) in [5.41, 5.74) is 2.07. The molecular formula is C12H12N2O2. The fraction of sp³-hybridized carbons (Fsp3) is 0.0833. The minimum absolute atomic E-state index is 0.213. The molecule has 0 amide bonds. The zero-order chi connectivity index (χ0) is 11.4. The van der Waals surface area contributed by atoms with E-state index in [2.05, 4.69) is 10.3 Å². The van der Waals surface area contributed by atoms with Gasteiger partial charge in [-0.2, -0.15) is 0 Å².